The monoisotopic (exact) mass is 293 g/mol. The number of amides is 3. The summed E-state index contributed by atoms with van der Waals surface area (Å²) in [5.41, 5.74) is 5.70. The average Bonchev–Trinajstić information content (AvgIpc) is 2.91. The van der Waals surface area contributed by atoms with Gasteiger partial charge in [0, 0.05) is 11.8 Å². The zero-order valence-electron chi connectivity index (χ0n) is 12.0. The second-order valence-electron chi connectivity index (χ2n) is 4.93. The molecule has 0 aromatic heterocycles. The van der Waals surface area contributed by atoms with E-state index in [9.17, 15) is 9.59 Å². The summed E-state index contributed by atoms with van der Waals surface area (Å²) in [6.45, 7) is 3.99. The molecule has 3 amide bonds. The molecule has 0 unspecified atom stereocenters. The van der Waals surface area contributed by atoms with Gasteiger partial charge in [0.15, 0.2) is 11.5 Å². The maximum absolute atomic E-state index is 12.3. The van der Waals surface area contributed by atoms with Crippen LogP contribution in [0.25, 0.3) is 0 Å². The van der Waals surface area contributed by atoms with Gasteiger partial charge in [-0.15, -0.1) is 0 Å². The van der Waals surface area contributed by atoms with Crippen molar-refractivity contribution < 1.29 is 19.1 Å². The summed E-state index contributed by atoms with van der Waals surface area (Å²) in [7, 11) is 0. The molecule has 1 aliphatic rings. The Hall–Kier alpha value is -2.44. The van der Waals surface area contributed by atoms with E-state index in [1.54, 1.807) is 18.2 Å². The van der Waals surface area contributed by atoms with Crippen molar-refractivity contribution in [3.05, 3.63) is 18.2 Å². The van der Waals surface area contributed by atoms with E-state index in [2.05, 4.69) is 10.6 Å². The molecule has 7 nitrogen and oxygen atoms in total. The van der Waals surface area contributed by atoms with Crippen molar-refractivity contribution in [1.82, 2.24) is 5.32 Å². The summed E-state index contributed by atoms with van der Waals surface area (Å²) in [5.74, 6) is 0.867. The van der Waals surface area contributed by atoms with E-state index in [1.165, 1.54) is 0 Å². The van der Waals surface area contributed by atoms with Gasteiger partial charge in [-0.25, -0.2) is 4.79 Å². The smallest absolute Gasteiger partial charge is 0.312 e. The van der Waals surface area contributed by atoms with Crippen molar-refractivity contribution in [3.8, 4) is 11.5 Å². The Balaban J connectivity index is 2.09. The lowest BCUT2D eigenvalue weighted by Crippen LogP contribution is -2.49. The molecule has 1 heterocycles. The summed E-state index contributed by atoms with van der Waals surface area (Å²) in [5, 5.41) is 5.22. The van der Waals surface area contributed by atoms with Gasteiger partial charge >= 0.3 is 6.03 Å². The molecule has 1 aromatic carbocycles. The van der Waals surface area contributed by atoms with Crippen LogP contribution in [0.15, 0.2) is 18.2 Å². The number of benzene rings is 1. The van der Waals surface area contributed by atoms with E-state index in [0.717, 1.165) is 6.42 Å². The highest BCUT2D eigenvalue weighted by Crippen LogP contribution is 2.34. The largest absolute Gasteiger partial charge is 0.454 e. The summed E-state index contributed by atoms with van der Waals surface area (Å²) in [6.07, 6.45) is 0.736. The van der Waals surface area contributed by atoms with Gasteiger partial charge in [-0.3, -0.25) is 4.79 Å². The zero-order chi connectivity index (χ0) is 15.4. The molecule has 1 aliphatic heterocycles. The molecule has 0 aliphatic carbocycles. The van der Waals surface area contributed by atoms with Crippen LogP contribution < -0.4 is 25.8 Å². The minimum absolute atomic E-state index is 0.0356. The molecule has 0 spiro atoms. The predicted octanol–water partition coefficient (Wildman–Crippen LogP) is 1.44. The minimum atomic E-state index is -0.721. The van der Waals surface area contributed by atoms with Crippen molar-refractivity contribution in [2.24, 2.45) is 11.7 Å². The van der Waals surface area contributed by atoms with Gasteiger partial charge in [0.2, 0.25) is 12.7 Å². The molecule has 0 radical (unpaired) electrons. The molecule has 1 aromatic rings. The standard InChI is InChI=1S/C14H19N3O4/c1-3-8(2)12(17-14(15)19)13(18)16-9-4-5-10-11(6-9)21-7-20-10/h4-6,8,12H,3,7H2,1-2H3,(H,16,18)(H3,15,17,19)/t8-,12-/m1/s1. The Kier molecular flexibility index (Phi) is 4.52. The Morgan fingerprint density at radius 2 is 2.05 bits per heavy atom. The number of primary amides is 1. The lowest BCUT2D eigenvalue weighted by molar-refractivity contribution is -0.119. The van der Waals surface area contributed by atoms with Crippen molar-refractivity contribution in [3.63, 3.8) is 0 Å². The summed E-state index contributed by atoms with van der Waals surface area (Å²) < 4.78 is 10.5. The fourth-order valence-electron chi connectivity index (χ4n) is 2.05. The van der Waals surface area contributed by atoms with Gasteiger partial charge in [0.05, 0.1) is 0 Å². The zero-order valence-corrected chi connectivity index (χ0v) is 12.0. The normalized spacial score (nSPS) is 15.1. The van der Waals surface area contributed by atoms with E-state index < -0.39 is 12.1 Å². The van der Waals surface area contributed by atoms with Gasteiger partial charge in [0.25, 0.3) is 0 Å². The highest BCUT2D eigenvalue weighted by Gasteiger charge is 2.25. The van der Waals surface area contributed by atoms with Crippen LogP contribution >= 0.6 is 0 Å². The molecule has 4 N–H and O–H groups in total. The molecule has 7 heteroatoms. The number of rotatable bonds is 5. The molecule has 2 rings (SSSR count). The fourth-order valence-corrected chi connectivity index (χ4v) is 2.05. The molecule has 21 heavy (non-hydrogen) atoms. The van der Waals surface area contributed by atoms with Gasteiger partial charge in [-0.05, 0) is 18.1 Å². The van der Waals surface area contributed by atoms with Gasteiger partial charge in [0.1, 0.15) is 6.04 Å². The number of nitrogens with one attached hydrogen (secondary N) is 2. The fraction of sp³-hybridized carbons (Fsp3) is 0.429. The number of hydrogen-bond donors (Lipinski definition) is 3. The Morgan fingerprint density at radius 3 is 2.71 bits per heavy atom. The van der Waals surface area contributed by atoms with Crippen molar-refractivity contribution in [1.29, 1.82) is 0 Å². The first kappa shape index (κ1) is 15.0. The highest BCUT2D eigenvalue weighted by atomic mass is 16.7. The maximum atomic E-state index is 12.3. The lowest BCUT2D eigenvalue weighted by atomic mass is 9.98. The van der Waals surface area contributed by atoms with Crippen LogP contribution in [0.5, 0.6) is 11.5 Å². The third-order valence-corrected chi connectivity index (χ3v) is 3.43. The Bertz CT molecular complexity index is 547. The average molecular weight is 293 g/mol. The SMILES string of the molecule is CC[C@@H](C)[C@@H](NC(N)=O)C(=O)Nc1ccc2c(c1)OCO2. The van der Waals surface area contributed by atoms with Crippen molar-refractivity contribution >= 4 is 17.6 Å². The van der Waals surface area contributed by atoms with E-state index >= 15 is 0 Å². The van der Waals surface area contributed by atoms with Gasteiger partial charge in [-0.2, -0.15) is 0 Å². The topological polar surface area (TPSA) is 103 Å². The van der Waals surface area contributed by atoms with Gasteiger partial charge in [-0.1, -0.05) is 20.3 Å². The van der Waals surface area contributed by atoms with Crippen molar-refractivity contribution in [2.45, 2.75) is 26.3 Å². The van der Waals surface area contributed by atoms with E-state index in [1.807, 2.05) is 13.8 Å². The molecule has 0 bridgehead atoms. The predicted molar refractivity (Wildman–Crippen MR) is 77.2 cm³/mol. The molecule has 0 saturated carbocycles. The molecule has 114 valence electrons. The van der Waals surface area contributed by atoms with E-state index in [0.29, 0.717) is 17.2 Å². The van der Waals surface area contributed by atoms with Crippen LogP contribution in [0.3, 0.4) is 0 Å². The number of fused-ring (bicyclic) bond motifs is 1. The summed E-state index contributed by atoms with van der Waals surface area (Å²) in [4.78, 5) is 23.3. The third kappa shape index (κ3) is 3.56. The van der Waals surface area contributed by atoms with Crippen LogP contribution in [0.2, 0.25) is 0 Å². The Labute approximate surface area is 122 Å². The van der Waals surface area contributed by atoms with Crippen LogP contribution in [-0.4, -0.2) is 24.8 Å². The van der Waals surface area contributed by atoms with Crippen molar-refractivity contribution in [2.75, 3.05) is 12.1 Å². The minimum Gasteiger partial charge on any atom is -0.454 e. The third-order valence-electron chi connectivity index (χ3n) is 3.43. The highest BCUT2D eigenvalue weighted by molar-refractivity contribution is 5.97. The first-order valence-electron chi connectivity index (χ1n) is 6.77. The first-order valence-corrected chi connectivity index (χ1v) is 6.77. The van der Waals surface area contributed by atoms with Crippen LogP contribution in [-0.2, 0) is 4.79 Å². The number of carbonyl (C=O) groups excluding carboxylic acids is 2. The van der Waals surface area contributed by atoms with E-state index in [-0.39, 0.29) is 18.6 Å². The number of urea groups is 1. The summed E-state index contributed by atoms with van der Waals surface area (Å²) >= 11 is 0. The maximum Gasteiger partial charge on any atom is 0.312 e. The first-order chi connectivity index (χ1) is 10.0. The number of hydrogen-bond acceptors (Lipinski definition) is 4. The molecule has 0 fully saturated rings. The van der Waals surface area contributed by atoms with Crippen LogP contribution in [0.4, 0.5) is 10.5 Å². The second kappa shape index (κ2) is 6.34. The van der Waals surface area contributed by atoms with Crippen LogP contribution in [0, 0.1) is 5.92 Å². The van der Waals surface area contributed by atoms with Crippen LogP contribution in [0.1, 0.15) is 20.3 Å². The number of nitrogens with two attached hydrogens (primary N) is 1. The second-order valence-corrected chi connectivity index (χ2v) is 4.93. The number of anilines is 1. The molecular formula is C14H19N3O4. The number of ether oxygens (including phenoxy) is 2. The molecule has 2 atom stereocenters. The van der Waals surface area contributed by atoms with Gasteiger partial charge < -0.3 is 25.8 Å². The number of carbonyl (C=O) groups is 2. The summed E-state index contributed by atoms with van der Waals surface area (Å²) in [6, 6.07) is 3.71. The van der Waals surface area contributed by atoms with E-state index in [4.69, 9.17) is 15.2 Å². The Morgan fingerprint density at radius 1 is 1.33 bits per heavy atom. The lowest BCUT2D eigenvalue weighted by Gasteiger charge is -2.22. The molecular weight excluding hydrogens is 274 g/mol. The molecule has 0 saturated heterocycles. The quantitative estimate of drug-likeness (QED) is 0.764.